The summed E-state index contributed by atoms with van der Waals surface area (Å²) in [6, 6.07) is 15.6. The summed E-state index contributed by atoms with van der Waals surface area (Å²) in [6.45, 7) is 3.82. The van der Waals surface area contributed by atoms with Crippen molar-refractivity contribution in [2.45, 2.75) is 19.9 Å². The lowest BCUT2D eigenvalue weighted by Gasteiger charge is -2.25. The van der Waals surface area contributed by atoms with Gasteiger partial charge in [-0.2, -0.15) is 0 Å². The Balaban J connectivity index is 1.82. The Morgan fingerprint density at radius 3 is 2.34 bits per heavy atom. The number of hydrogen-bond donors (Lipinski definition) is 0. The molecule has 2 heterocycles. The number of carbonyl (C=O) groups is 1. The maximum Gasteiger partial charge on any atom is 0.295 e. The van der Waals surface area contributed by atoms with E-state index in [0.29, 0.717) is 22.4 Å². The van der Waals surface area contributed by atoms with Gasteiger partial charge in [-0.15, -0.1) is 0 Å². The van der Waals surface area contributed by atoms with Crippen LogP contribution in [0.2, 0.25) is 0 Å². The third-order valence-corrected chi connectivity index (χ3v) is 6.04. The molecule has 5 nitrogen and oxygen atoms in total. The van der Waals surface area contributed by atoms with Gasteiger partial charge in [0.05, 0.1) is 24.1 Å². The molecule has 1 aliphatic heterocycles. The highest BCUT2D eigenvalue weighted by Crippen LogP contribution is 2.42. The normalized spacial score (nSPS) is 15.3. The third kappa shape index (κ3) is 2.91. The third-order valence-electron chi connectivity index (χ3n) is 6.04. The molecule has 1 amide bonds. The lowest BCUT2D eigenvalue weighted by Crippen LogP contribution is -2.30. The van der Waals surface area contributed by atoms with Gasteiger partial charge in [0.2, 0.25) is 5.76 Å². The van der Waals surface area contributed by atoms with Gasteiger partial charge in [-0.25, -0.2) is 4.39 Å². The number of methoxy groups -OCH3 is 1. The van der Waals surface area contributed by atoms with E-state index in [1.165, 1.54) is 11.0 Å². The minimum Gasteiger partial charge on any atom is -0.497 e. The highest BCUT2D eigenvalue weighted by Gasteiger charge is 2.44. The van der Waals surface area contributed by atoms with Crippen molar-refractivity contribution in [2.75, 3.05) is 12.0 Å². The molecule has 0 bridgehead atoms. The lowest BCUT2D eigenvalue weighted by molar-refractivity contribution is 0.0970. The summed E-state index contributed by atoms with van der Waals surface area (Å²) in [6.07, 6.45) is 0. The van der Waals surface area contributed by atoms with Crippen molar-refractivity contribution < 1.29 is 18.3 Å². The number of ether oxygens (including phenoxy) is 1. The number of halogens is 1. The maximum absolute atomic E-state index is 14.9. The monoisotopic (exact) mass is 429 g/mol. The van der Waals surface area contributed by atoms with Crippen molar-refractivity contribution in [1.82, 2.24) is 0 Å². The van der Waals surface area contributed by atoms with Crippen LogP contribution in [0.5, 0.6) is 5.75 Å². The van der Waals surface area contributed by atoms with E-state index in [1.54, 1.807) is 61.7 Å². The average molecular weight is 429 g/mol. The fraction of sp³-hybridized carbons (Fsp3) is 0.154. The molecule has 1 unspecified atom stereocenters. The fourth-order valence-corrected chi connectivity index (χ4v) is 4.23. The summed E-state index contributed by atoms with van der Waals surface area (Å²) in [5.41, 5.74) is 2.77. The first-order valence-electron chi connectivity index (χ1n) is 10.2. The zero-order chi connectivity index (χ0) is 22.6. The fourth-order valence-electron chi connectivity index (χ4n) is 4.23. The smallest absolute Gasteiger partial charge is 0.295 e. The molecule has 1 aliphatic rings. The number of aryl methyl sites for hydroxylation is 2. The van der Waals surface area contributed by atoms with Crippen molar-refractivity contribution in [3.05, 3.63) is 105 Å². The molecule has 4 aromatic rings. The minimum atomic E-state index is -0.950. The van der Waals surface area contributed by atoms with E-state index in [4.69, 9.17) is 9.15 Å². The van der Waals surface area contributed by atoms with E-state index in [0.717, 1.165) is 11.1 Å². The van der Waals surface area contributed by atoms with Gasteiger partial charge in [-0.05, 0) is 67.4 Å². The summed E-state index contributed by atoms with van der Waals surface area (Å²) in [7, 11) is 1.55. The number of carbonyl (C=O) groups excluding carboxylic acids is 1. The summed E-state index contributed by atoms with van der Waals surface area (Å²) < 4.78 is 26.1. The molecule has 1 aromatic heterocycles. The molecule has 1 atom stereocenters. The molecule has 32 heavy (non-hydrogen) atoms. The Labute approximate surface area is 183 Å². The van der Waals surface area contributed by atoms with Crippen LogP contribution in [0.25, 0.3) is 11.0 Å². The molecule has 5 rings (SSSR count). The zero-order valence-electron chi connectivity index (χ0n) is 17.8. The highest BCUT2D eigenvalue weighted by atomic mass is 19.1. The Kier molecular flexibility index (Phi) is 4.59. The lowest BCUT2D eigenvalue weighted by atomic mass is 9.97. The largest absolute Gasteiger partial charge is 0.497 e. The second-order valence-corrected chi connectivity index (χ2v) is 7.90. The second kappa shape index (κ2) is 7.34. The Bertz CT molecular complexity index is 1440. The number of rotatable bonds is 3. The van der Waals surface area contributed by atoms with E-state index in [1.807, 2.05) is 13.8 Å². The molecule has 0 saturated heterocycles. The maximum atomic E-state index is 14.9. The number of hydrogen-bond acceptors (Lipinski definition) is 4. The van der Waals surface area contributed by atoms with Crippen LogP contribution in [0.4, 0.5) is 10.1 Å². The Morgan fingerprint density at radius 1 is 0.969 bits per heavy atom. The van der Waals surface area contributed by atoms with Gasteiger partial charge in [-0.1, -0.05) is 18.2 Å². The molecule has 0 aliphatic carbocycles. The topological polar surface area (TPSA) is 59.8 Å². The predicted octanol–water partition coefficient (Wildman–Crippen LogP) is 5.31. The molecule has 0 saturated carbocycles. The number of anilines is 1. The SMILES string of the molecule is COc1ccc(N2C(=O)c3oc4cc(C)c(C)cc4c(=O)c3C2c2ccccc2F)cc1. The molecule has 6 heteroatoms. The number of nitrogens with zero attached hydrogens (tertiary/aromatic N) is 1. The Hall–Kier alpha value is -3.93. The number of fused-ring (bicyclic) bond motifs is 2. The molecule has 3 aromatic carbocycles. The first kappa shape index (κ1) is 20.0. The van der Waals surface area contributed by atoms with Gasteiger partial charge in [0.15, 0.2) is 5.43 Å². The summed E-state index contributed by atoms with van der Waals surface area (Å²) in [5, 5.41) is 0.373. The Morgan fingerprint density at radius 2 is 1.66 bits per heavy atom. The first-order valence-corrected chi connectivity index (χ1v) is 10.2. The average Bonchev–Trinajstić information content (AvgIpc) is 3.08. The molecule has 160 valence electrons. The molecule has 0 fully saturated rings. The van der Waals surface area contributed by atoms with E-state index >= 15 is 0 Å². The van der Waals surface area contributed by atoms with Crippen molar-refractivity contribution in [1.29, 1.82) is 0 Å². The molecule has 0 spiro atoms. The highest BCUT2D eigenvalue weighted by molar-refractivity contribution is 6.10. The number of benzene rings is 3. The molecule has 0 radical (unpaired) electrons. The van der Waals surface area contributed by atoms with Gasteiger partial charge in [0.1, 0.15) is 17.1 Å². The van der Waals surface area contributed by atoms with E-state index in [2.05, 4.69) is 0 Å². The second-order valence-electron chi connectivity index (χ2n) is 7.90. The zero-order valence-corrected chi connectivity index (χ0v) is 17.8. The van der Waals surface area contributed by atoms with E-state index in [-0.39, 0.29) is 22.3 Å². The van der Waals surface area contributed by atoms with Crippen LogP contribution >= 0.6 is 0 Å². The van der Waals surface area contributed by atoms with Crippen LogP contribution in [0.15, 0.2) is 69.9 Å². The van der Waals surface area contributed by atoms with Gasteiger partial charge < -0.3 is 9.15 Å². The van der Waals surface area contributed by atoms with E-state index in [9.17, 15) is 14.0 Å². The van der Waals surface area contributed by atoms with Crippen LogP contribution in [-0.4, -0.2) is 13.0 Å². The summed E-state index contributed by atoms with van der Waals surface area (Å²) in [5.74, 6) is -0.437. The van der Waals surface area contributed by atoms with Crippen molar-refractivity contribution in [3.63, 3.8) is 0 Å². The molecular weight excluding hydrogens is 409 g/mol. The number of amides is 1. The predicted molar refractivity (Wildman–Crippen MR) is 120 cm³/mol. The van der Waals surface area contributed by atoms with Crippen LogP contribution in [0, 0.1) is 19.7 Å². The summed E-state index contributed by atoms with van der Waals surface area (Å²) in [4.78, 5) is 28.6. The van der Waals surface area contributed by atoms with Crippen molar-refractivity contribution in [2.24, 2.45) is 0 Å². The van der Waals surface area contributed by atoms with E-state index < -0.39 is 17.8 Å². The molecule has 0 N–H and O–H groups in total. The van der Waals surface area contributed by atoms with Gasteiger partial charge in [0, 0.05) is 11.3 Å². The minimum absolute atomic E-state index is 0.0603. The van der Waals surface area contributed by atoms with Crippen molar-refractivity contribution >= 4 is 22.6 Å². The van der Waals surface area contributed by atoms with Gasteiger partial charge >= 0.3 is 0 Å². The van der Waals surface area contributed by atoms with Crippen LogP contribution in [0.3, 0.4) is 0 Å². The van der Waals surface area contributed by atoms with Crippen molar-refractivity contribution in [3.8, 4) is 5.75 Å². The van der Waals surface area contributed by atoms with Crippen LogP contribution < -0.4 is 15.1 Å². The first-order chi connectivity index (χ1) is 15.4. The molecular formula is C26H20FNO4. The van der Waals surface area contributed by atoms with Gasteiger partial charge in [0.25, 0.3) is 5.91 Å². The summed E-state index contributed by atoms with van der Waals surface area (Å²) >= 11 is 0. The quantitative estimate of drug-likeness (QED) is 0.443. The van der Waals surface area contributed by atoms with Gasteiger partial charge in [-0.3, -0.25) is 14.5 Å². The van der Waals surface area contributed by atoms with Crippen LogP contribution in [0.1, 0.15) is 38.9 Å². The standard InChI is InChI=1S/C26H20FNO4/c1-14-12-19-21(13-15(14)2)32-25-22(24(19)29)23(18-6-4-5-7-20(18)27)28(26(25)30)16-8-10-17(31-3)11-9-16/h4-13,23H,1-3H3. The van der Waals surface area contributed by atoms with Crippen LogP contribution in [-0.2, 0) is 0 Å².